The monoisotopic (exact) mass is 330 g/mol. The smallest absolute Gasteiger partial charge is 0.0543 e. The van der Waals surface area contributed by atoms with E-state index in [4.69, 9.17) is 0 Å². The van der Waals surface area contributed by atoms with Gasteiger partial charge in [0.25, 0.3) is 0 Å². The molecular formula is C20H30N2S. The van der Waals surface area contributed by atoms with Crippen molar-refractivity contribution >= 4 is 17.4 Å². The molecule has 2 unspecified atom stereocenters. The number of para-hydroxylation sites is 1. The molecule has 3 aliphatic rings. The maximum Gasteiger partial charge on any atom is 0.0543 e. The highest BCUT2D eigenvalue weighted by Gasteiger charge is 2.43. The lowest BCUT2D eigenvalue weighted by Crippen LogP contribution is -2.47. The highest BCUT2D eigenvalue weighted by atomic mass is 32.2. The molecule has 0 saturated carbocycles. The van der Waals surface area contributed by atoms with E-state index < -0.39 is 0 Å². The molecule has 3 heterocycles. The van der Waals surface area contributed by atoms with E-state index in [0.717, 1.165) is 17.9 Å². The van der Waals surface area contributed by atoms with Gasteiger partial charge in [-0.1, -0.05) is 38.8 Å². The summed E-state index contributed by atoms with van der Waals surface area (Å²) in [5.74, 6) is 2.90. The van der Waals surface area contributed by atoms with Gasteiger partial charge >= 0.3 is 0 Å². The first-order valence-corrected chi connectivity index (χ1v) is 10.5. The Labute approximate surface area is 145 Å². The van der Waals surface area contributed by atoms with Gasteiger partial charge in [-0.15, -0.1) is 11.8 Å². The Morgan fingerprint density at radius 3 is 2.91 bits per heavy atom. The molecule has 0 N–H and O–H groups in total. The number of hydrogen-bond donors (Lipinski definition) is 0. The minimum absolute atomic E-state index is 0.742. The number of benzene rings is 1. The molecule has 1 aromatic carbocycles. The van der Waals surface area contributed by atoms with Crippen LogP contribution in [0.25, 0.3) is 0 Å². The summed E-state index contributed by atoms with van der Waals surface area (Å²) in [5.41, 5.74) is 3.26. The number of fused-ring (bicyclic) bond motifs is 3. The van der Waals surface area contributed by atoms with E-state index in [0.29, 0.717) is 0 Å². The Hall–Kier alpha value is -0.670. The van der Waals surface area contributed by atoms with Gasteiger partial charge in [0.15, 0.2) is 0 Å². The van der Waals surface area contributed by atoms with Crippen LogP contribution in [0.5, 0.6) is 0 Å². The summed E-state index contributed by atoms with van der Waals surface area (Å²) in [6.07, 6.45) is 5.33. The second-order valence-electron chi connectivity index (χ2n) is 7.49. The van der Waals surface area contributed by atoms with Crippen LogP contribution in [0.2, 0.25) is 0 Å². The van der Waals surface area contributed by atoms with Gasteiger partial charge in [0.05, 0.1) is 5.69 Å². The minimum atomic E-state index is 0.742. The van der Waals surface area contributed by atoms with E-state index in [1.807, 2.05) is 0 Å². The summed E-state index contributed by atoms with van der Waals surface area (Å²) >= 11 is 2.08. The van der Waals surface area contributed by atoms with Crippen molar-refractivity contribution in [1.29, 1.82) is 0 Å². The van der Waals surface area contributed by atoms with Crippen LogP contribution in [0, 0.1) is 5.92 Å². The number of nitrogens with zero attached hydrogens (tertiary/aromatic N) is 2. The van der Waals surface area contributed by atoms with E-state index in [1.165, 1.54) is 57.6 Å². The van der Waals surface area contributed by atoms with Crippen molar-refractivity contribution in [3.8, 4) is 0 Å². The molecule has 0 aromatic heterocycles. The zero-order chi connectivity index (χ0) is 15.8. The van der Waals surface area contributed by atoms with Crippen molar-refractivity contribution in [2.24, 2.45) is 5.92 Å². The van der Waals surface area contributed by atoms with Crippen molar-refractivity contribution in [2.45, 2.75) is 56.4 Å². The molecule has 0 radical (unpaired) electrons. The van der Waals surface area contributed by atoms with Crippen molar-refractivity contribution in [3.63, 3.8) is 0 Å². The Kier molecular flexibility index (Phi) is 4.60. The third-order valence-electron chi connectivity index (χ3n) is 6.25. The van der Waals surface area contributed by atoms with E-state index in [-0.39, 0.29) is 0 Å². The average molecular weight is 331 g/mol. The SMILES string of the molecule is CCC(CC)CN1CCC2C(C1)c1cccc3c1N2CCCS3. The van der Waals surface area contributed by atoms with Crippen LogP contribution in [0.3, 0.4) is 0 Å². The predicted octanol–water partition coefficient (Wildman–Crippen LogP) is 4.60. The summed E-state index contributed by atoms with van der Waals surface area (Å²) in [6, 6.07) is 7.83. The van der Waals surface area contributed by atoms with Gasteiger partial charge in [0.2, 0.25) is 0 Å². The van der Waals surface area contributed by atoms with Gasteiger partial charge in [-0.25, -0.2) is 0 Å². The van der Waals surface area contributed by atoms with E-state index in [2.05, 4.69) is 53.6 Å². The first-order valence-electron chi connectivity index (χ1n) is 9.56. The minimum Gasteiger partial charge on any atom is -0.367 e. The Morgan fingerprint density at radius 2 is 2.09 bits per heavy atom. The van der Waals surface area contributed by atoms with Crippen LogP contribution in [-0.2, 0) is 0 Å². The highest BCUT2D eigenvalue weighted by Crippen LogP contribution is 2.50. The molecule has 1 fully saturated rings. The second-order valence-corrected chi connectivity index (χ2v) is 8.63. The summed E-state index contributed by atoms with van der Waals surface area (Å²) in [4.78, 5) is 7.09. The summed E-state index contributed by atoms with van der Waals surface area (Å²) in [5, 5.41) is 0. The zero-order valence-corrected chi connectivity index (χ0v) is 15.4. The molecule has 126 valence electrons. The van der Waals surface area contributed by atoms with Crippen molar-refractivity contribution in [3.05, 3.63) is 23.8 Å². The molecule has 0 amide bonds. The molecule has 1 saturated heterocycles. The fourth-order valence-electron chi connectivity index (χ4n) is 4.89. The molecule has 0 spiro atoms. The van der Waals surface area contributed by atoms with Crippen molar-refractivity contribution in [1.82, 2.24) is 4.90 Å². The Bertz CT molecular complexity index is 555. The maximum atomic E-state index is 2.78. The van der Waals surface area contributed by atoms with Crippen molar-refractivity contribution in [2.75, 3.05) is 36.8 Å². The predicted molar refractivity (Wildman–Crippen MR) is 101 cm³/mol. The van der Waals surface area contributed by atoms with Crippen LogP contribution in [-0.4, -0.2) is 42.9 Å². The van der Waals surface area contributed by atoms with Crippen molar-refractivity contribution < 1.29 is 0 Å². The number of thioether (sulfide) groups is 1. The molecule has 2 nitrogen and oxygen atoms in total. The largest absolute Gasteiger partial charge is 0.367 e. The summed E-state index contributed by atoms with van der Waals surface area (Å²) in [6.45, 7) is 9.85. The number of anilines is 1. The number of likely N-dealkylation sites (tertiary alicyclic amines) is 1. The van der Waals surface area contributed by atoms with Crippen LogP contribution in [0.1, 0.15) is 51.0 Å². The molecule has 2 atom stereocenters. The lowest BCUT2D eigenvalue weighted by molar-refractivity contribution is 0.164. The lowest BCUT2D eigenvalue weighted by atomic mass is 9.88. The van der Waals surface area contributed by atoms with Crippen LogP contribution in [0.4, 0.5) is 5.69 Å². The third-order valence-corrected chi connectivity index (χ3v) is 7.38. The van der Waals surface area contributed by atoms with Gasteiger partial charge in [-0.2, -0.15) is 0 Å². The van der Waals surface area contributed by atoms with Gasteiger partial charge in [-0.3, -0.25) is 0 Å². The number of piperidine rings is 1. The topological polar surface area (TPSA) is 6.48 Å². The van der Waals surface area contributed by atoms with Gasteiger partial charge < -0.3 is 9.80 Å². The zero-order valence-electron chi connectivity index (χ0n) is 14.6. The number of hydrogen-bond acceptors (Lipinski definition) is 3. The van der Waals surface area contributed by atoms with Crippen LogP contribution < -0.4 is 4.90 Å². The van der Waals surface area contributed by atoms with Gasteiger partial charge in [-0.05, 0) is 36.1 Å². The quantitative estimate of drug-likeness (QED) is 0.797. The summed E-state index contributed by atoms with van der Waals surface area (Å²) < 4.78 is 0. The molecule has 23 heavy (non-hydrogen) atoms. The fraction of sp³-hybridized carbons (Fsp3) is 0.700. The lowest BCUT2D eigenvalue weighted by Gasteiger charge is -2.40. The molecule has 3 heteroatoms. The summed E-state index contributed by atoms with van der Waals surface area (Å²) in [7, 11) is 0. The van der Waals surface area contributed by atoms with E-state index >= 15 is 0 Å². The second kappa shape index (κ2) is 6.68. The fourth-order valence-corrected chi connectivity index (χ4v) is 5.93. The van der Waals surface area contributed by atoms with Crippen LogP contribution >= 0.6 is 11.8 Å². The molecule has 0 aliphatic carbocycles. The molecule has 3 aliphatic heterocycles. The molecule has 0 bridgehead atoms. The van der Waals surface area contributed by atoms with E-state index in [9.17, 15) is 0 Å². The first kappa shape index (κ1) is 15.8. The van der Waals surface area contributed by atoms with E-state index in [1.54, 1.807) is 16.1 Å². The van der Waals surface area contributed by atoms with Gasteiger partial charge in [0.1, 0.15) is 0 Å². The first-order chi connectivity index (χ1) is 11.3. The third kappa shape index (κ3) is 2.80. The normalized spacial score (nSPS) is 27.0. The molecule has 1 aromatic rings. The van der Waals surface area contributed by atoms with Gasteiger partial charge in [0, 0.05) is 43.0 Å². The maximum absolute atomic E-state index is 2.78. The van der Waals surface area contributed by atoms with Crippen LogP contribution in [0.15, 0.2) is 23.1 Å². The highest BCUT2D eigenvalue weighted by molar-refractivity contribution is 7.99. The Balaban J connectivity index is 1.59. The molecular weight excluding hydrogens is 300 g/mol. The molecule has 4 rings (SSSR count). The number of rotatable bonds is 4. The standard InChI is InChI=1S/C20H30N2S/c1-3-15(4-2)13-21-11-9-18-17(14-21)16-7-5-8-19-20(16)22(18)10-6-12-23-19/h5,7-8,15,17-18H,3-4,6,9-14H2,1-2H3. The Morgan fingerprint density at radius 1 is 1.22 bits per heavy atom. The average Bonchev–Trinajstić information content (AvgIpc) is 2.75.